The van der Waals surface area contributed by atoms with Crippen molar-refractivity contribution in [3.63, 3.8) is 0 Å². The molecule has 3 amide bonds. The van der Waals surface area contributed by atoms with E-state index in [1.165, 1.54) is 29.4 Å². The predicted octanol–water partition coefficient (Wildman–Crippen LogP) is 2.78. The zero-order chi connectivity index (χ0) is 17.7. The lowest BCUT2D eigenvalue weighted by molar-refractivity contribution is -0.130. The monoisotopic (exact) mass is 353 g/mol. The van der Waals surface area contributed by atoms with E-state index >= 15 is 0 Å². The van der Waals surface area contributed by atoms with Gasteiger partial charge in [-0.2, -0.15) is 0 Å². The molecule has 8 heteroatoms. The number of nitrogens with one attached hydrogen (secondary N) is 1. The number of nitrogens with two attached hydrogens (primary N) is 1. The van der Waals surface area contributed by atoms with Crippen LogP contribution < -0.4 is 11.1 Å². The van der Waals surface area contributed by atoms with Crippen LogP contribution >= 0.6 is 11.3 Å². The van der Waals surface area contributed by atoms with Crippen LogP contribution in [0.4, 0.5) is 13.6 Å². The quantitative estimate of drug-likeness (QED) is 0.838. The Kier molecular flexibility index (Phi) is 5.86. The van der Waals surface area contributed by atoms with Crippen LogP contribution in [0.3, 0.4) is 0 Å². The normalized spacial score (nSPS) is 11.8. The number of thiophene rings is 1. The zero-order valence-corrected chi connectivity index (χ0v) is 13.8. The first kappa shape index (κ1) is 17.9. The predicted molar refractivity (Wildman–Crippen MR) is 87.2 cm³/mol. The van der Waals surface area contributed by atoms with E-state index in [1.54, 1.807) is 12.1 Å². The van der Waals surface area contributed by atoms with E-state index in [-0.39, 0.29) is 24.4 Å². The van der Waals surface area contributed by atoms with Crippen molar-refractivity contribution in [3.05, 3.63) is 57.8 Å². The van der Waals surface area contributed by atoms with Gasteiger partial charge in [-0.05, 0) is 17.5 Å². The maximum atomic E-state index is 13.7. The minimum absolute atomic E-state index is 0.00131. The van der Waals surface area contributed by atoms with Gasteiger partial charge in [-0.15, -0.1) is 11.3 Å². The van der Waals surface area contributed by atoms with Crippen molar-refractivity contribution in [1.29, 1.82) is 0 Å². The summed E-state index contributed by atoms with van der Waals surface area (Å²) in [5, 5.41) is 4.36. The fourth-order valence-electron chi connectivity index (χ4n) is 2.21. The van der Waals surface area contributed by atoms with E-state index < -0.39 is 23.7 Å². The minimum atomic E-state index is -0.728. The molecule has 0 radical (unpaired) electrons. The summed E-state index contributed by atoms with van der Waals surface area (Å²) in [4.78, 5) is 25.6. The lowest BCUT2D eigenvalue weighted by Gasteiger charge is -2.21. The van der Waals surface area contributed by atoms with E-state index in [0.29, 0.717) is 0 Å². The fourth-order valence-corrected chi connectivity index (χ4v) is 2.99. The van der Waals surface area contributed by atoms with Crippen molar-refractivity contribution in [2.24, 2.45) is 5.73 Å². The molecule has 24 heavy (non-hydrogen) atoms. The number of nitrogens with zero attached hydrogens (tertiary/aromatic N) is 1. The molecule has 0 fully saturated rings. The fraction of sp³-hybridized carbons (Fsp3) is 0.250. The average molecular weight is 353 g/mol. The molecule has 128 valence electrons. The van der Waals surface area contributed by atoms with Crippen LogP contribution in [0.1, 0.15) is 22.9 Å². The maximum absolute atomic E-state index is 13.7. The van der Waals surface area contributed by atoms with Gasteiger partial charge in [0.15, 0.2) is 0 Å². The topological polar surface area (TPSA) is 75.4 Å². The Hall–Kier alpha value is -2.48. The van der Waals surface area contributed by atoms with Gasteiger partial charge in [0.05, 0.1) is 12.5 Å². The highest BCUT2D eigenvalue weighted by Crippen LogP contribution is 2.23. The number of urea groups is 1. The Morgan fingerprint density at radius 2 is 2.08 bits per heavy atom. The standard InChI is InChI=1S/C16H17F2N3O2S/c1-21(9-10-4-5-11(17)7-12(10)18)15(22)8-13(20-16(19)23)14-3-2-6-24-14/h2-7,13H,8-9H2,1H3,(H3,19,20,23). The molecule has 1 aromatic carbocycles. The number of benzene rings is 1. The number of carbonyl (C=O) groups excluding carboxylic acids is 2. The van der Waals surface area contributed by atoms with Crippen LogP contribution in [0.2, 0.25) is 0 Å². The number of carbonyl (C=O) groups is 2. The summed E-state index contributed by atoms with van der Waals surface area (Å²) in [6.07, 6.45) is -0.0111. The molecule has 5 nitrogen and oxygen atoms in total. The first-order valence-electron chi connectivity index (χ1n) is 7.14. The van der Waals surface area contributed by atoms with Crippen molar-refractivity contribution in [2.75, 3.05) is 7.05 Å². The Balaban J connectivity index is 2.04. The van der Waals surface area contributed by atoms with Gasteiger partial charge < -0.3 is 16.0 Å². The third-order valence-electron chi connectivity index (χ3n) is 3.43. The van der Waals surface area contributed by atoms with Crippen molar-refractivity contribution in [1.82, 2.24) is 10.2 Å². The first-order valence-corrected chi connectivity index (χ1v) is 8.02. The lowest BCUT2D eigenvalue weighted by Crippen LogP contribution is -2.36. The summed E-state index contributed by atoms with van der Waals surface area (Å²) in [7, 11) is 1.51. The molecule has 3 N–H and O–H groups in total. The van der Waals surface area contributed by atoms with Crippen molar-refractivity contribution < 1.29 is 18.4 Å². The second kappa shape index (κ2) is 7.87. The molecule has 2 rings (SSSR count). The van der Waals surface area contributed by atoms with Crippen molar-refractivity contribution in [3.8, 4) is 0 Å². The number of rotatable bonds is 6. The molecule has 1 unspecified atom stereocenters. The number of amides is 3. The van der Waals surface area contributed by atoms with Crippen LogP contribution in [0.15, 0.2) is 35.7 Å². The molecular weight excluding hydrogens is 336 g/mol. The van der Waals surface area contributed by atoms with Gasteiger partial charge in [-0.1, -0.05) is 12.1 Å². The summed E-state index contributed by atoms with van der Waals surface area (Å²) < 4.78 is 26.6. The number of hydrogen-bond donors (Lipinski definition) is 2. The van der Waals surface area contributed by atoms with Gasteiger partial charge in [0.1, 0.15) is 11.6 Å². The summed E-state index contributed by atoms with van der Waals surface area (Å²) in [5.41, 5.74) is 5.36. The first-order chi connectivity index (χ1) is 11.4. The van der Waals surface area contributed by atoms with Crippen LogP contribution in [0, 0.1) is 11.6 Å². The second-order valence-electron chi connectivity index (χ2n) is 5.27. The zero-order valence-electron chi connectivity index (χ0n) is 13.0. The Labute approximate surface area is 142 Å². The molecule has 2 aromatic rings. The number of halogens is 2. The van der Waals surface area contributed by atoms with E-state index in [1.807, 2.05) is 5.38 Å². The summed E-state index contributed by atoms with van der Waals surface area (Å²) in [6, 6.07) is 5.53. The average Bonchev–Trinajstić information content (AvgIpc) is 3.03. The highest BCUT2D eigenvalue weighted by Gasteiger charge is 2.21. The van der Waals surface area contributed by atoms with Gasteiger partial charge in [0.25, 0.3) is 0 Å². The molecule has 0 aliphatic carbocycles. The van der Waals surface area contributed by atoms with E-state index in [9.17, 15) is 18.4 Å². The summed E-state index contributed by atoms with van der Waals surface area (Å²) >= 11 is 1.39. The van der Waals surface area contributed by atoms with Crippen molar-refractivity contribution in [2.45, 2.75) is 19.0 Å². The smallest absolute Gasteiger partial charge is 0.312 e. The molecule has 0 aliphatic heterocycles. The van der Waals surface area contributed by atoms with Gasteiger partial charge in [0.2, 0.25) is 5.91 Å². The molecule has 1 aromatic heterocycles. The molecule has 0 spiro atoms. The van der Waals surface area contributed by atoms with E-state index in [4.69, 9.17) is 5.73 Å². The largest absolute Gasteiger partial charge is 0.352 e. The maximum Gasteiger partial charge on any atom is 0.312 e. The van der Waals surface area contributed by atoms with Crippen LogP contribution in [-0.2, 0) is 11.3 Å². The Morgan fingerprint density at radius 3 is 2.67 bits per heavy atom. The Morgan fingerprint density at radius 1 is 1.33 bits per heavy atom. The van der Waals surface area contributed by atoms with Gasteiger partial charge >= 0.3 is 6.03 Å². The van der Waals surface area contributed by atoms with Crippen LogP contribution in [0.25, 0.3) is 0 Å². The second-order valence-corrected chi connectivity index (χ2v) is 6.25. The molecule has 1 atom stereocenters. The molecule has 0 aliphatic rings. The SMILES string of the molecule is CN(Cc1ccc(F)cc1F)C(=O)CC(NC(N)=O)c1cccs1. The molecule has 0 saturated carbocycles. The third-order valence-corrected chi connectivity index (χ3v) is 4.42. The van der Waals surface area contributed by atoms with Gasteiger partial charge in [-0.3, -0.25) is 4.79 Å². The van der Waals surface area contributed by atoms with Gasteiger partial charge in [-0.25, -0.2) is 13.6 Å². The summed E-state index contributed by atoms with van der Waals surface area (Å²) in [5.74, 6) is -1.68. The summed E-state index contributed by atoms with van der Waals surface area (Å²) in [6.45, 7) is -0.00131. The molecular formula is C16H17F2N3O2S. The van der Waals surface area contributed by atoms with E-state index in [0.717, 1.165) is 17.0 Å². The van der Waals surface area contributed by atoms with Gasteiger partial charge in [0, 0.05) is 30.1 Å². The third kappa shape index (κ3) is 4.76. The highest BCUT2D eigenvalue weighted by atomic mass is 32.1. The number of hydrogen-bond acceptors (Lipinski definition) is 3. The lowest BCUT2D eigenvalue weighted by atomic mass is 10.1. The minimum Gasteiger partial charge on any atom is -0.352 e. The van der Waals surface area contributed by atoms with Crippen LogP contribution in [-0.4, -0.2) is 23.9 Å². The van der Waals surface area contributed by atoms with Crippen LogP contribution in [0.5, 0.6) is 0 Å². The number of primary amides is 1. The van der Waals surface area contributed by atoms with Crippen molar-refractivity contribution >= 4 is 23.3 Å². The molecule has 1 heterocycles. The molecule has 0 bridgehead atoms. The highest BCUT2D eigenvalue weighted by molar-refractivity contribution is 7.10. The van der Waals surface area contributed by atoms with E-state index in [2.05, 4.69) is 5.32 Å². The molecule has 0 saturated heterocycles. The Bertz CT molecular complexity index is 722.